The minimum absolute atomic E-state index is 0.129. The van der Waals surface area contributed by atoms with E-state index in [-0.39, 0.29) is 12.5 Å². The summed E-state index contributed by atoms with van der Waals surface area (Å²) in [7, 11) is 1.34. The molecule has 0 bridgehead atoms. The van der Waals surface area contributed by atoms with E-state index in [1.54, 1.807) is 12.1 Å². The van der Waals surface area contributed by atoms with Gasteiger partial charge in [-0.05, 0) is 6.07 Å². The molecule has 0 saturated heterocycles. The van der Waals surface area contributed by atoms with Gasteiger partial charge in [-0.2, -0.15) is 0 Å². The smallest absolute Gasteiger partial charge is 0.325 e. The van der Waals surface area contributed by atoms with Crippen molar-refractivity contribution in [2.45, 2.75) is 0 Å². The average Bonchev–Trinajstić information content (AvgIpc) is 2.52. The van der Waals surface area contributed by atoms with Crippen LogP contribution in [0, 0.1) is 0 Å². The first-order valence-electron chi connectivity index (χ1n) is 3.17. The zero-order valence-corrected chi connectivity index (χ0v) is 6.16. The third-order valence-electron chi connectivity index (χ3n) is 1.16. The first-order chi connectivity index (χ1) is 5.33. The van der Waals surface area contributed by atoms with Gasteiger partial charge in [-0.15, -0.1) is 0 Å². The second-order valence-electron chi connectivity index (χ2n) is 1.91. The van der Waals surface area contributed by atoms with Crippen molar-refractivity contribution in [2.24, 2.45) is 0 Å². The molecule has 0 saturated carbocycles. The Bertz CT molecular complexity index is 218. The van der Waals surface area contributed by atoms with E-state index in [0.717, 1.165) is 0 Å². The highest BCUT2D eigenvalue weighted by Crippen LogP contribution is 2.05. The summed E-state index contributed by atoms with van der Waals surface area (Å²) in [6.07, 6.45) is 1.53. The molecule has 0 aromatic carbocycles. The molecular weight excluding hydrogens is 146 g/mol. The van der Waals surface area contributed by atoms with E-state index >= 15 is 0 Å². The maximum atomic E-state index is 10.6. The van der Waals surface area contributed by atoms with E-state index in [2.05, 4.69) is 10.1 Å². The number of furan rings is 1. The third-order valence-corrected chi connectivity index (χ3v) is 1.16. The fraction of sp³-hybridized carbons (Fsp3) is 0.286. The van der Waals surface area contributed by atoms with Gasteiger partial charge < -0.3 is 14.5 Å². The Morgan fingerprint density at radius 2 is 2.64 bits per heavy atom. The van der Waals surface area contributed by atoms with Crippen LogP contribution in [-0.4, -0.2) is 19.6 Å². The van der Waals surface area contributed by atoms with Crippen LogP contribution in [0.1, 0.15) is 0 Å². The van der Waals surface area contributed by atoms with E-state index in [1.165, 1.54) is 13.4 Å². The van der Waals surface area contributed by atoms with Crippen LogP contribution in [0.15, 0.2) is 22.8 Å². The van der Waals surface area contributed by atoms with Gasteiger partial charge in [0.1, 0.15) is 6.54 Å². The fourth-order valence-corrected chi connectivity index (χ4v) is 0.611. The monoisotopic (exact) mass is 155 g/mol. The molecule has 0 unspecified atom stereocenters. The lowest BCUT2D eigenvalue weighted by Gasteiger charge is -1.99. The van der Waals surface area contributed by atoms with Crippen molar-refractivity contribution < 1.29 is 13.9 Å². The number of rotatable bonds is 3. The normalized spacial score (nSPS) is 9.18. The Balaban J connectivity index is 2.29. The predicted molar refractivity (Wildman–Crippen MR) is 39.2 cm³/mol. The maximum Gasteiger partial charge on any atom is 0.325 e. The summed E-state index contributed by atoms with van der Waals surface area (Å²) >= 11 is 0. The highest BCUT2D eigenvalue weighted by Gasteiger charge is 1.99. The second kappa shape index (κ2) is 3.65. The molecule has 1 N–H and O–H groups in total. The largest absolute Gasteiger partial charge is 0.468 e. The Labute approximate surface area is 64.1 Å². The molecule has 0 amide bonds. The summed E-state index contributed by atoms with van der Waals surface area (Å²) in [5, 5.41) is 2.73. The molecule has 1 heterocycles. The van der Waals surface area contributed by atoms with Crippen LogP contribution in [0.4, 0.5) is 5.88 Å². The number of carbonyl (C=O) groups excluding carboxylic acids is 1. The average molecular weight is 155 g/mol. The predicted octanol–water partition coefficient (Wildman–Crippen LogP) is 0.865. The van der Waals surface area contributed by atoms with Gasteiger partial charge in [0.2, 0.25) is 0 Å². The molecule has 60 valence electrons. The number of nitrogens with one attached hydrogen (secondary N) is 1. The lowest BCUT2D eigenvalue weighted by molar-refractivity contribution is -0.138. The van der Waals surface area contributed by atoms with Gasteiger partial charge in [0.05, 0.1) is 13.4 Å². The molecule has 0 aliphatic carbocycles. The summed E-state index contributed by atoms with van der Waals surface area (Å²) in [6, 6.07) is 3.46. The van der Waals surface area contributed by atoms with Crippen LogP contribution in [0.5, 0.6) is 0 Å². The Morgan fingerprint density at radius 1 is 1.82 bits per heavy atom. The first kappa shape index (κ1) is 7.65. The van der Waals surface area contributed by atoms with Gasteiger partial charge >= 0.3 is 5.97 Å². The summed E-state index contributed by atoms with van der Waals surface area (Å²) < 4.78 is 9.31. The topological polar surface area (TPSA) is 51.5 Å². The van der Waals surface area contributed by atoms with Gasteiger partial charge in [-0.25, -0.2) is 0 Å². The zero-order valence-electron chi connectivity index (χ0n) is 6.16. The van der Waals surface area contributed by atoms with Crippen LogP contribution in [-0.2, 0) is 9.53 Å². The third kappa shape index (κ3) is 2.33. The molecule has 1 aromatic heterocycles. The van der Waals surface area contributed by atoms with Crippen molar-refractivity contribution in [3.05, 3.63) is 18.4 Å². The summed E-state index contributed by atoms with van der Waals surface area (Å²) in [6.45, 7) is 0.129. The number of esters is 1. The van der Waals surface area contributed by atoms with Crippen molar-refractivity contribution in [3.8, 4) is 0 Å². The Hall–Kier alpha value is -1.45. The molecular formula is C7H9NO3. The molecule has 0 radical (unpaired) electrons. The Morgan fingerprint density at radius 3 is 3.18 bits per heavy atom. The van der Waals surface area contributed by atoms with Crippen LogP contribution >= 0.6 is 0 Å². The minimum atomic E-state index is -0.318. The van der Waals surface area contributed by atoms with Crippen molar-refractivity contribution in [1.82, 2.24) is 0 Å². The SMILES string of the molecule is COC(=O)CNc1ccco1. The summed E-state index contributed by atoms with van der Waals surface area (Å²) in [5.41, 5.74) is 0. The molecule has 4 heteroatoms. The number of methoxy groups -OCH3 is 1. The minimum Gasteiger partial charge on any atom is -0.468 e. The van der Waals surface area contributed by atoms with E-state index < -0.39 is 0 Å². The molecule has 1 rings (SSSR count). The van der Waals surface area contributed by atoms with Crippen LogP contribution in [0.3, 0.4) is 0 Å². The number of hydrogen-bond acceptors (Lipinski definition) is 4. The standard InChI is InChI=1S/C7H9NO3/c1-10-7(9)5-8-6-3-2-4-11-6/h2-4,8H,5H2,1H3. The quantitative estimate of drug-likeness (QED) is 0.658. The van der Waals surface area contributed by atoms with Crippen molar-refractivity contribution in [3.63, 3.8) is 0 Å². The highest BCUT2D eigenvalue weighted by atomic mass is 16.5. The molecule has 4 nitrogen and oxygen atoms in total. The number of ether oxygens (including phenoxy) is 1. The van der Waals surface area contributed by atoms with Crippen molar-refractivity contribution in [2.75, 3.05) is 19.0 Å². The Kier molecular flexibility index (Phi) is 2.54. The number of anilines is 1. The summed E-state index contributed by atoms with van der Waals surface area (Å²) in [5.74, 6) is 0.247. The lowest BCUT2D eigenvalue weighted by Crippen LogP contribution is -2.14. The zero-order chi connectivity index (χ0) is 8.10. The van der Waals surface area contributed by atoms with Crippen LogP contribution < -0.4 is 5.32 Å². The van der Waals surface area contributed by atoms with Gasteiger partial charge in [-0.3, -0.25) is 4.79 Å². The molecule has 0 spiro atoms. The molecule has 0 aliphatic rings. The molecule has 1 aromatic rings. The molecule has 0 fully saturated rings. The number of hydrogen-bond donors (Lipinski definition) is 1. The van der Waals surface area contributed by atoms with Gasteiger partial charge in [-0.1, -0.05) is 0 Å². The van der Waals surface area contributed by atoms with Gasteiger partial charge in [0.15, 0.2) is 5.88 Å². The van der Waals surface area contributed by atoms with E-state index in [9.17, 15) is 4.79 Å². The number of carbonyl (C=O) groups is 1. The van der Waals surface area contributed by atoms with E-state index in [1.807, 2.05) is 0 Å². The summed E-state index contributed by atoms with van der Waals surface area (Å²) in [4.78, 5) is 10.6. The molecule has 0 atom stereocenters. The van der Waals surface area contributed by atoms with E-state index in [4.69, 9.17) is 4.42 Å². The van der Waals surface area contributed by atoms with Crippen molar-refractivity contribution in [1.29, 1.82) is 0 Å². The van der Waals surface area contributed by atoms with Crippen LogP contribution in [0.25, 0.3) is 0 Å². The fourth-order valence-electron chi connectivity index (χ4n) is 0.611. The van der Waals surface area contributed by atoms with E-state index in [0.29, 0.717) is 5.88 Å². The highest BCUT2D eigenvalue weighted by molar-refractivity contribution is 5.74. The first-order valence-corrected chi connectivity index (χ1v) is 3.17. The second-order valence-corrected chi connectivity index (χ2v) is 1.91. The lowest BCUT2D eigenvalue weighted by atomic mass is 10.6. The maximum absolute atomic E-state index is 10.6. The molecule has 0 aliphatic heterocycles. The van der Waals surface area contributed by atoms with Gasteiger partial charge in [0, 0.05) is 6.07 Å². The van der Waals surface area contributed by atoms with Crippen molar-refractivity contribution >= 4 is 11.9 Å². The van der Waals surface area contributed by atoms with Crippen LogP contribution in [0.2, 0.25) is 0 Å². The molecule has 11 heavy (non-hydrogen) atoms. The van der Waals surface area contributed by atoms with Gasteiger partial charge in [0.25, 0.3) is 0 Å².